The summed E-state index contributed by atoms with van der Waals surface area (Å²) in [7, 11) is 1.62. The Kier molecular flexibility index (Phi) is 8.59. The standard InChI is InChI=1S/C25H34N4O3/c1-4-29(5-2)25(31)22-16-26-17-28-24(22)20-11-9-18(10-12-20)15-27-23(30)14-19-7-6-8-21(13-19)32-3/h6-8,13,16-18,20H,4-5,9-12,14-15H2,1-3H3,(H,27,30). The van der Waals surface area contributed by atoms with E-state index in [2.05, 4.69) is 15.3 Å². The van der Waals surface area contributed by atoms with Crippen molar-refractivity contribution >= 4 is 11.8 Å². The predicted octanol–water partition coefficient (Wildman–Crippen LogP) is 3.60. The number of methoxy groups -OCH3 is 1. The molecular formula is C25H34N4O3. The van der Waals surface area contributed by atoms with E-state index in [4.69, 9.17) is 4.74 Å². The van der Waals surface area contributed by atoms with Gasteiger partial charge >= 0.3 is 0 Å². The molecule has 1 heterocycles. The molecule has 0 bridgehead atoms. The van der Waals surface area contributed by atoms with Crippen LogP contribution in [0.25, 0.3) is 0 Å². The van der Waals surface area contributed by atoms with Crippen LogP contribution in [-0.2, 0) is 11.2 Å². The summed E-state index contributed by atoms with van der Waals surface area (Å²) in [5, 5.41) is 3.09. The summed E-state index contributed by atoms with van der Waals surface area (Å²) < 4.78 is 5.22. The van der Waals surface area contributed by atoms with Crippen molar-refractivity contribution in [1.82, 2.24) is 20.2 Å². The maximum absolute atomic E-state index is 12.9. The molecule has 32 heavy (non-hydrogen) atoms. The highest BCUT2D eigenvalue weighted by molar-refractivity contribution is 5.95. The minimum atomic E-state index is 0.0116. The first-order chi connectivity index (χ1) is 15.5. The van der Waals surface area contributed by atoms with Crippen LogP contribution in [0.1, 0.15) is 67.1 Å². The van der Waals surface area contributed by atoms with Crippen LogP contribution in [-0.4, -0.2) is 53.4 Å². The van der Waals surface area contributed by atoms with Crippen LogP contribution < -0.4 is 10.1 Å². The average molecular weight is 439 g/mol. The van der Waals surface area contributed by atoms with Crippen molar-refractivity contribution in [2.24, 2.45) is 5.92 Å². The highest BCUT2D eigenvalue weighted by atomic mass is 16.5. The minimum absolute atomic E-state index is 0.0116. The van der Waals surface area contributed by atoms with Gasteiger partial charge < -0.3 is 15.0 Å². The minimum Gasteiger partial charge on any atom is -0.497 e. The highest BCUT2D eigenvalue weighted by Crippen LogP contribution is 2.36. The van der Waals surface area contributed by atoms with Crippen molar-refractivity contribution in [2.75, 3.05) is 26.7 Å². The summed E-state index contributed by atoms with van der Waals surface area (Å²) in [5.41, 5.74) is 2.45. The normalized spacial score (nSPS) is 18.1. The lowest BCUT2D eigenvalue weighted by Crippen LogP contribution is -2.33. The monoisotopic (exact) mass is 438 g/mol. The van der Waals surface area contributed by atoms with Crippen molar-refractivity contribution in [1.29, 1.82) is 0 Å². The molecule has 0 aliphatic heterocycles. The molecule has 1 aliphatic rings. The third kappa shape index (κ3) is 6.05. The predicted molar refractivity (Wildman–Crippen MR) is 124 cm³/mol. The molecule has 1 N–H and O–H groups in total. The van der Waals surface area contributed by atoms with Gasteiger partial charge in [-0.2, -0.15) is 0 Å². The summed E-state index contributed by atoms with van der Waals surface area (Å²) in [6, 6.07) is 7.60. The third-order valence-corrected chi connectivity index (χ3v) is 6.34. The molecule has 0 unspecified atom stereocenters. The largest absolute Gasteiger partial charge is 0.497 e. The van der Waals surface area contributed by atoms with Crippen molar-refractivity contribution in [2.45, 2.75) is 51.9 Å². The van der Waals surface area contributed by atoms with Crippen LogP contribution in [0.3, 0.4) is 0 Å². The SMILES string of the molecule is CCN(CC)C(=O)c1cncnc1C1CCC(CNC(=O)Cc2cccc(OC)c2)CC1. The van der Waals surface area contributed by atoms with E-state index >= 15 is 0 Å². The molecule has 1 saturated carbocycles. The van der Waals surface area contributed by atoms with Gasteiger partial charge in [-0.05, 0) is 63.1 Å². The molecular weight excluding hydrogens is 404 g/mol. The van der Waals surface area contributed by atoms with E-state index in [0.29, 0.717) is 37.5 Å². The van der Waals surface area contributed by atoms with Crippen LogP contribution in [0.15, 0.2) is 36.8 Å². The van der Waals surface area contributed by atoms with Crippen molar-refractivity contribution < 1.29 is 14.3 Å². The van der Waals surface area contributed by atoms with Gasteiger partial charge in [0.25, 0.3) is 5.91 Å². The number of benzene rings is 1. The number of hydrogen-bond donors (Lipinski definition) is 1. The smallest absolute Gasteiger partial charge is 0.257 e. The molecule has 172 valence electrons. The molecule has 0 atom stereocenters. The van der Waals surface area contributed by atoms with Crippen LogP contribution >= 0.6 is 0 Å². The topological polar surface area (TPSA) is 84.4 Å². The van der Waals surface area contributed by atoms with Crippen molar-refractivity contribution in [3.8, 4) is 5.75 Å². The maximum Gasteiger partial charge on any atom is 0.257 e. The second-order valence-electron chi connectivity index (χ2n) is 8.35. The van der Waals surface area contributed by atoms with Crippen molar-refractivity contribution in [3.63, 3.8) is 0 Å². The highest BCUT2D eigenvalue weighted by Gasteiger charge is 2.28. The molecule has 0 radical (unpaired) electrons. The Hall–Kier alpha value is -2.96. The number of rotatable bonds is 9. The molecule has 2 aromatic rings. The van der Waals surface area contributed by atoms with Gasteiger partial charge in [-0.1, -0.05) is 12.1 Å². The molecule has 1 fully saturated rings. The second kappa shape index (κ2) is 11.6. The Labute approximate surface area is 190 Å². The number of hydrogen-bond acceptors (Lipinski definition) is 5. The first kappa shape index (κ1) is 23.7. The van der Waals surface area contributed by atoms with E-state index in [1.54, 1.807) is 19.6 Å². The summed E-state index contributed by atoms with van der Waals surface area (Å²) in [4.78, 5) is 35.7. The summed E-state index contributed by atoms with van der Waals surface area (Å²) in [6.07, 6.45) is 7.50. The van der Waals surface area contributed by atoms with E-state index < -0.39 is 0 Å². The van der Waals surface area contributed by atoms with Gasteiger partial charge in [0.1, 0.15) is 12.1 Å². The van der Waals surface area contributed by atoms with Crippen LogP contribution in [0, 0.1) is 5.92 Å². The summed E-state index contributed by atoms with van der Waals surface area (Å²) in [5.74, 6) is 1.51. The van der Waals surface area contributed by atoms with E-state index in [1.165, 1.54) is 0 Å². The quantitative estimate of drug-likeness (QED) is 0.647. The lowest BCUT2D eigenvalue weighted by atomic mass is 9.79. The Balaban J connectivity index is 1.51. The number of nitrogens with one attached hydrogen (secondary N) is 1. The number of carbonyl (C=O) groups is 2. The van der Waals surface area contributed by atoms with Crippen LogP contribution in [0.2, 0.25) is 0 Å². The first-order valence-electron chi connectivity index (χ1n) is 11.5. The lowest BCUT2D eigenvalue weighted by Gasteiger charge is -2.29. The Morgan fingerprint density at radius 3 is 2.59 bits per heavy atom. The van der Waals surface area contributed by atoms with Crippen molar-refractivity contribution in [3.05, 3.63) is 53.6 Å². The van der Waals surface area contributed by atoms with Crippen LogP contribution in [0.5, 0.6) is 5.75 Å². The van der Waals surface area contributed by atoms with E-state index in [9.17, 15) is 9.59 Å². The Bertz CT molecular complexity index is 906. The van der Waals surface area contributed by atoms with E-state index in [-0.39, 0.29) is 17.7 Å². The Morgan fingerprint density at radius 2 is 1.91 bits per heavy atom. The molecule has 0 spiro atoms. The second-order valence-corrected chi connectivity index (χ2v) is 8.35. The molecule has 7 heteroatoms. The van der Waals surface area contributed by atoms with Gasteiger partial charge in [-0.3, -0.25) is 9.59 Å². The zero-order chi connectivity index (χ0) is 22.9. The fourth-order valence-electron chi connectivity index (χ4n) is 4.44. The summed E-state index contributed by atoms with van der Waals surface area (Å²) >= 11 is 0. The lowest BCUT2D eigenvalue weighted by molar-refractivity contribution is -0.120. The number of nitrogens with zero attached hydrogens (tertiary/aromatic N) is 3. The van der Waals surface area contributed by atoms with Gasteiger partial charge in [0, 0.05) is 31.7 Å². The molecule has 1 aromatic heterocycles. The zero-order valence-electron chi connectivity index (χ0n) is 19.3. The molecule has 3 rings (SSSR count). The average Bonchev–Trinajstić information content (AvgIpc) is 2.84. The van der Waals surface area contributed by atoms with Gasteiger partial charge in [-0.15, -0.1) is 0 Å². The molecule has 1 aliphatic carbocycles. The maximum atomic E-state index is 12.9. The molecule has 2 amide bonds. The van der Waals surface area contributed by atoms with E-state index in [0.717, 1.165) is 42.7 Å². The number of ether oxygens (including phenoxy) is 1. The zero-order valence-corrected chi connectivity index (χ0v) is 19.3. The van der Waals surface area contributed by atoms with Gasteiger partial charge in [0.2, 0.25) is 5.91 Å². The number of amides is 2. The fraction of sp³-hybridized carbons (Fsp3) is 0.520. The fourth-order valence-corrected chi connectivity index (χ4v) is 4.44. The molecule has 7 nitrogen and oxygen atoms in total. The molecule has 0 saturated heterocycles. The van der Waals surface area contributed by atoms with E-state index in [1.807, 2.05) is 43.0 Å². The Morgan fingerprint density at radius 1 is 1.16 bits per heavy atom. The van der Waals surface area contributed by atoms with Gasteiger partial charge in [0.15, 0.2) is 0 Å². The summed E-state index contributed by atoms with van der Waals surface area (Å²) in [6.45, 7) is 6.00. The first-order valence-corrected chi connectivity index (χ1v) is 11.5. The van der Waals surface area contributed by atoms with Crippen LogP contribution in [0.4, 0.5) is 0 Å². The number of carbonyl (C=O) groups excluding carboxylic acids is 2. The third-order valence-electron chi connectivity index (χ3n) is 6.34. The molecule has 1 aromatic carbocycles. The number of aromatic nitrogens is 2. The van der Waals surface area contributed by atoms with Gasteiger partial charge in [0.05, 0.1) is 24.8 Å². The van der Waals surface area contributed by atoms with Gasteiger partial charge in [-0.25, -0.2) is 9.97 Å².